The van der Waals surface area contributed by atoms with E-state index in [-0.39, 0.29) is 17.5 Å². The van der Waals surface area contributed by atoms with Gasteiger partial charge < -0.3 is 15.4 Å². The van der Waals surface area contributed by atoms with Gasteiger partial charge in [-0.05, 0) is 59.6 Å². The van der Waals surface area contributed by atoms with Gasteiger partial charge in [0.2, 0.25) is 5.91 Å². The van der Waals surface area contributed by atoms with E-state index in [0.717, 1.165) is 12.8 Å². The number of allylic oxidation sites excluding steroid dienone is 1. The van der Waals surface area contributed by atoms with Crippen molar-refractivity contribution in [2.75, 3.05) is 17.7 Å². The lowest BCUT2D eigenvalue weighted by Gasteiger charge is -2.24. The second kappa shape index (κ2) is 11.1. The third-order valence-corrected chi connectivity index (χ3v) is 5.97. The summed E-state index contributed by atoms with van der Waals surface area (Å²) < 4.78 is 22.2. The average Bonchev–Trinajstić information content (AvgIpc) is 3.12. The van der Waals surface area contributed by atoms with Crippen LogP contribution in [0.2, 0.25) is 0 Å². The van der Waals surface area contributed by atoms with E-state index in [1.165, 1.54) is 34.0 Å². The van der Waals surface area contributed by atoms with Crippen molar-refractivity contribution in [2.45, 2.75) is 32.8 Å². The summed E-state index contributed by atoms with van der Waals surface area (Å²) in [5.41, 5.74) is 8.51. The first kappa shape index (κ1) is 25.9. The Labute approximate surface area is 211 Å². The molecule has 1 unspecified atom stereocenters. The molecule has 0 saturated carbocycles. The number of benzene rings is 1. The number of nitrogens with two attached hydrogens (primary N) is 1. The lowest BCUT2D eigenvalue weighted by atomic mass is 10.1. The third kappa shape index (κ3) is 5.69. The molecule has 0 aliphatic rings. The number of carbonyl (C=O) groups excluding carboxylic acids is 1. The Hall–Kier alpha value is -3.71. The molecular formula is C25H26BrFN6O2. The van der Waals surface area contributed by atoms with Gasteiger partial charge in [-0.1, -0.05) is 19.4 Å². The standard InChI is InChI=1S/C25H26BrFN6O2/c1-5-6-7-8-22(34)32(3)19-10-9-17(27)12-18(19)15(2)35-21-11-16(14-30-25(21)29)23-20(13-28)33(4)31-24(23)26/h7-12,14-15H,5-6H2,1-4H3,(H2,29,30)/b8-7-. The van der Waals surface area contributed by atoms with Crippen LogP contribution in [-0.2, 0) is 11.8 Å². The minimum atomic E-state index is -0.678. The number of unbranched alkanes of at least 4 members (excludes halogenated alkanes) is 1. The Morgan fingerprint density at radius 1 is 1.43 bits per heavy atom. The molecule has 0 saturated heterocycles. The fraction of sp³-hybridized carbons (Fsp3) is 0.280. The van der Waals surface area contributed by atoms with Crippen LogP contribution in [0.1, 0.15) is 44.1 Å². The van der Waals surface area contributed by atoms with Crippen LogP contribution in [0.3, 0.4) is 0 Å². The Kier molecular flexibility index (Phi) is 8.25. The molecule has 35 heavy (non-hydrogen) atoms. The molecule has 1 amide bonds. The largest absolute Gasteiger partial charge is 0.482 e. The minimum Gasteiger partial charge on any atom is -0.482 e. The number of pyridine rings is 1. The number of carbonyl (C=O) groups is 1. The van der Waals surface area contributed by atoms with Crippen LogP contribution in [0.4, 0.5) is 15.9 Å². The second-order valence-electron chi connectivity index (χ2n) is 7.91. The van der Waals surface area contributed by atoms with E-state index in [9.17, 15) is 14.4 Å². The minimum absolute atomic E-state index is 0.129. The quantitative estimate of drug-likeness (QED) is 0.388. The monoisotopic (exact) mass is 540 g/mol. The van der Waals surface area contributed by atoms with Crippen LogP contribution in [0.15, 0.2) is 47.2 Å². The Morgan fingerprint density at radius 2 is 2.17 bits per heavy atom. The molecule has 10 heteroatoms. The zero-order valence-corrected chi connectivity index (χ0v) is 21.5. The van der Waals surface area contributed by atoms with Crippen molar-refractivity contribution in [3.63, 3.8) is 0 Å². The van der Waals surface area contributed by atoms with Crippen LogP contribution in [0, 0.1) is 17.1 Å². The molecule has 2 heterocycles. The number of amides is 1. The van der Waals surface area contributed by atoms with Gasteiger partial charge >= 0.3 is 0 Å². The third-order valence-electron chi connectivity index (χ3n) is 5.42. The van der Waals surface area contributed by atoms with Crippen molar-refractivity contribution in [3.8, 4) is 22.9 Å². The van der Waals surface area contributed by atoms with Crippen molar-refractivity contribution in [2.24, 2.45) is 7.05 Å². The lowest BCUT2D eigenvalue weighted by Crippen LogP contribution is -2.26. The van der Waals surface area contributed by atoms with Crippen molar-refractivity contribution in [3.05, 3.63) is 64.3 Å². The normalized spacial score (nSPS) is 11.9. The molecule has 0 aliphatic carbocycles. The van der Waals surface area contributed by atoms with Gasteiger partial charge in [-0.2, -0.15) is 10.4 Å². The van der Waals surface area contributed by atoms with Crippen LogP contribution < -0.4 is 15.4 Å². The molecule has 8 nitrogen and oxygen atoms in total. The molecule has 1 aromatic carbocycles. The topological polar surface area (TPSA) is 110 Å². The molecule has 2 aromatic heterocycles. The number of rotatable bonds is 8. The highest BCUT2D eigenvalue weighted by Gasteiger charge is 2.22. The Morgan fingerprint density at radius 3 is 2.86 bits per heavy atom. The van der Waals surface area contributed by atoms with Gasteiger partial charge in [0, 0.05) is 31.4 Å². The van der Waals surface area contributed by atoms with E-state index >= 15 is 0 Å². The van der Waals surface area contributed by atoms with Gasteiger partial charge in [0.1, 0.15) is 28.3 Å². The molecular weight excluding hydrogens is 515 g/mol. The molecule has 3 rings (SSSR count). The van der Waals surface area contributed by atoms with Gasteiger partial charge in [-0.15, -0.1) is 0 Å². The first-order valence-electron chi connectivity index (χ1n) is 11.0. The summed E-state index contributed by atoms with van der Waals surface area (Å²) in [6.07, 6.45) is 5.89. The highest BCUT2D eigenvalue weighted by molar-refractivity contribution is 9.10. The fourth-order valence-electron chi connectivity index (χ4n) is 3.55. The molecule has 1 atom stereocenters. The second-order valence-corrected chi connectivity index (χ2v) is 8.66. The van der Waals surface area contributed by atoms with Crippen LogP contribution in [-0.4, -0.2) is 27.7 Å². The number of nitrogen functional groups attached to an aromatic ring is 1. The predicted octanol–water partition coefficient (Wildman–Crippen LogP) is 5.30. The first-order valence-corrected chi connectivity index (χ1v) is 11.8. The van der Waals surface area contributed by atoms with E-state index in [0.29, 0.717) is 32.7 Å². The summed E-state index contributed by atoms with van der Waals surface area (Å²) in [5, 5.41) is 13.8. The number of likely N-dealkylation sites (N-methyl/N-ethyl adjacent to an activating group) is 1. The maximum atomic E-state index is 14.2. The number of anilines is 2. The van der Waals surface area contributed by atoms with Crippen LogP contribution in [0.25, 0.3) is 11.1 Å². The van der Waals surface area contributed by atoms with Crippen molar-refractivity contribution in [1.82, 2.24) is 14.8 Å². The summed E-state index contributed by atoms with van der Waals surface area (Å²) in [5.74, 6) is -0.308. The molecule has 2 N–H and O–H groups in total. The molecule has 0 radical (unpaired) electrons. The Balaban J connectivity index is 1.96. The molecule has 0 bridgehead atoms. The number of aryl methyl sites for hydroxylation is 1. The maximum Gasteiger partial charge on any atom is 0.250 e. The van der Waals surface area contributed by atoms with Gasteiger partial charge in [0.25, 0.3) is 0 Å². The van der Waals surface area contributed by atoms with E-state index in [1.807, 2.05) is 13.0 Å². The van der Waals surface area contributed by atoms with Crippen LogP contribution >= 0.6 is 15.9 Å². The van der Waals surface area contributed by atoms with Gasteiger partial charge in [-0.25, -0.2) is 9.37 Å². The van der Waals surface area contributed by atoms with Gasteiger partial charge in [0.15, 0.2) is 11.6 Å². The molecule has 0 aliphatic heterocycles. The highest BCUT2D eigenvalue weighted by atomic mass is 79.9. The SMILES string of the molecule is CCC/C=C\C(=O)N(C)c1ccc(F)cc1C(C)Oc1cc(-c2c(Br)nn(C)c2C#N)cnc1N. The zero-order valence-electron chi connectivity index (χ0n) is 19.9. The van der Waals surface area contributed by atoms with Crippen molar-refractivity contribution >= 4 is 33.3 Å². The van der Waals surface area contributed by atoms with Crippen molar-refractivity contribution < 1.29 is 13.9 Å². The van der Waals surface area contributed by atoms with E-state index in [4.69, 9.17) is 10.5 Å². The average molecular weight is 541 g/mol. The zero-order chi connectivity index (χ0) is 25.7. The number of nitriles is 1. The van der Waals surface area contributed by atoms with Gasteiger partial charge in [-0.3, -0.25) is 9.48 Å². The summed E-state index contributed by atoms with van der Waals surface area (Å²) >= 11 is 3.38. The fourth-order valence-corrected chi connectivity index (χ4v) is 4.21. The first-order chi connectivity index (χ1) is 16.7. The van der Waals surface area contributed by atoms with Gasteiger partial charge in [0.05, 0.1) is 11.3 Å². The number of ether oxygens (including phenoxy) is 1. The highest BCUT2D eigenvalue weighted by Crippen LogP contribution is 2.37. The number of halogens is 2. The molecule has 0 fully saturated rings. The maximum absolute atomic E-state index is 14.2. The summed E-state index contributed by atoms with van der Waals surface area (Å²) in [7, 11) is 3.29. The number of nitrogens with zero attached hydrogens (tertiary/aromatic N) is 5. The molecule has 182 valence electrons. The molecule has 0 spiro atoms. The van der Waals surface area contributed by atoms with Crippen LogP contribution in [0.5, 0.6) is 5.75 Å². The predicted molar refractivity (Wildman–Crippen MR) is 136 cm³/mol. The summed E-state index contributed by atoms with van der Waals surface area (Å²) in [6.45, 7) is 3.76. The lowest BCUT2D eigenvalue weighted by molar-refractivity contribution is -0.113. The van der Waals surface area contributed by atoms with E-state index in [1.54, 1.807) is 33.2 Å². The summed E-state index contributed by atoms with van der Waals surface area (Å²) in [4.78, 5) is 18.3. The number of hydrogen-bond donors (Lipinski definition) is 1. The number of hydrogen-bond acceptors (Lipinski definition) is 6. The Bertz CT molecular complexity index is 1310. The summed E-state index contributed by atoms with van der Waals surface area (Å²) in [6, 6.07) is 7.95. The van der Waals surface area contributed by atoms with E-state index < -0.39 is 11.9 Å². The smallest absolute Gasteiger partial charge is 0.250 e. The number of aromatic nitrogens is 3. The van der Waals surface area contributed by atoms with E-state index in [2.05, 4.69) is 32.1 Å². The molecule has 3 aromatic rings. The van der Waals surface area contributed by atoms with Crippen molar-refractivity contribution in [1.29, 1.82) is 5.26 Å².